The predicted octanol–water partition coefficient (Wildman–Crippen LogP) is 6.13. The number of ketones is 1. The van der Waals surface area contributed by atoms with Crippen LogP contribution in [0.25, 0.3) is 0 Å². The molecule has 2 heterocycles. The van der Waals surface area contributed by atoms with Crippen LogP contribution in [0.5, 0.6) is 5.75 Å². The molecule has 1 fully saturated rings. The number of carbonyl (C=O) groups excluding carboxylic acids is 2. The Balaban J connectivity index is 1.67. The first-order valence-corrected chi connectivity index (χ1v) is 11.8. The van der Waals surface area contributed by atoms with Gasteiger partial charge in [-0.15, -0.1) is 13.2 Å². The monoisotopic (exact) mass is 568 g/mol. The third-order valence-corrected chi connectivity index (χ3v) is 6.11. The Bertz CT molecular complexity index is 1410. The summed E-state index contributed by atoms with van der Waals surface area (Å²) in [5.41, 5.74) is -1.04. The fraction of sp³-hybridized carbons (Fsp3) is 0.200. The molecule has 1 saturated heterocycles. The van der Waals surface area contributed by atoms with Crippen LogP contribution >= 0.6 is 23.2 Å². The highest BCUT2D eigenvalue weighted by atomic mass is 35.5. The number of alkyl halides is 3. The first kappa shape index (κ1) is 27.3. The van der Waals surface area contributed by atoms with Crippen molar-refractivity contribution < 1.29 is 31.9 Å². The van der Waals surface area contributed by atoms with Crippen LogP contribution in [-0.2, 0) is 6.42 Å². The molecule has 13 heteroatoms. The highest BCUT2D eigenvalue weighted by molar-refractivity contribution is 6.31. The van der Waals surface area contributed by atoms with Crippen molar-refractivity contribution in [3.8, 4) is 5.75 Å². The van der Waals surface area contributed by atoms with Gasteiger partial charge in [0.25, 0.3) is 5.91 Å². The van der Waals surface area contributed by atoms with Gasteiger partial charge in [0, 0.05) is 47.4 Å². The van der Waals surface area contributed by atoms with Crippen molar-refractivity contribution in [2.75, 3.05) is 18.4 Å². The highest BCUT2D eigenvalue weighted by Gasteiger charge is 2.34. The van der Waals surface area contributed by atoms with Crippen molar-refractivity contribution >= 4 is 46.5 Å². The number of amides is 1. The summed E-state index contributed by atoms with van der Waals surface area (Å²) in [6.07, 6.45) is -3.84. The molecule has 2 N–H and O–H groups in total. The maximum absolute atomic E-state index is 14.9. The van der Waals surface area contributed by atoms with Gasteiger partial charge in [-0.2, -0.15) is 0 Å². The number of hydrogen-bond acceptors (Lipinski definition) is 5. The van der Waals surface area contributed by atoms with Gasteiger partial charge in [0.15, 0.2) is 5.78 Å². The number of halogens is 6. The maximum atomic E-state index is 14.9. The number of rotatable bonds is 7. The van der Waals surface area contributed by atoms with E-state index in [-0.39, 0.29) is 27.3 Å². The van der Waals surface area contributed by atoms with Crippen molar-refractivity contribution in [1.82, 2.24) is 9.88 Å². The molecule has 0 saturated carbocycles. The number of likely N-dealkylation sites (tertiary alicyclic amines) is 1. The van der Waals surface area contributed by atoms with E-state index in [9.17, 15) is 27.2 Å². The van der Waals surface area contributed by atoms with Crippen LogP contribution in [0.1, 0.15) is 38.3 Å². The molecule has 0 radical (unpaired) electrons. The SMILES string of the molecule is N=C(c1ccc(C(=O)Cc2c(OC(F)(F)F)cc(Cl)cc2C(=O)Nc2ccc(Cl)cn2)c(F)c1)N1CCC1. The smallest absolute Gasteiger partial charge is 0.405 e. The lowest BCUT2D eigenvalue weighted by atomic mass is 9.96. The Kier molecular flexibility index (Phi) is 7.89. The number of carbonyl (C=O) groups is 2. The summed E-state index contributed by atoms with van der Waals surface area (Å²) < 4.78 is 58.4. The maximum Gasteiger partial charge on any atom is 0.573 e. The molecule has 38 heavy (non-hydrogen) atoms. The molecule has 4 rings (SSSR count). The first-order chi connectivity index (χ1) is 17.9. The molecule has 0 spiro atoms. The molecular weight excluding hydrogens is 551 g/mol. The van der Waals surface area contributed by atoms with Gasteiger partial charge in [-0.05, 0) is 42.8 Å². The summed E-state index contributed by atoms with van der Waals surface area (Å²) in [5.74, 6) is -3.57. The normalized spacial score (nSPS) is 13.1. The Hall–Kier alpha value is -3.70. The molecule has 7 nitrogen and oxygen atoms in total. The van der Waals surface area contributed by atoms with E-state index in [0.717, 1.165) is 30.7 Å². The molecule has 1 aliphatic heterocycles. The minimum atomic E-state index is -5.17. The van der Waals surface area contributed by atoms with Gasteiger partial charge in [0.2, 0.25) is 0 Å². The minimum absolute atomic E-state index is 0.0289. The van der Waals surface area contributed by atoms with E-state index in [4.69, 9.17) is 28.6 Å². The predicted molar refractivity (Wildman–Crippen MR) is 133 cm³/mol. The van der Waals surface area contributed by atoms with Gasteiger partial charge >= 0.3 is 6.36 Å². The second-order valence-electron chi connectivity index (χ2n) is 8.28. The number of ether oxygens (including phenoxy) is 1. The van der Waals surface area contributed by atoms with Gasteiger partial charge in [0.1, 0.15) is 23.2 Å². The van der Waals surface area contributed by atoms with Crippen molar-refractivity contribution in [2.45, 2.75) is 19.2 Å². The average molecular weight is 569 g/mol. The van der Waals surface area contributed by atoms with Gasteiger partial charge in [-0.3, -0.25) is 15.0 Å². The van der Waals surface area contributed by atoms with Crippen LogP contribution in [-0.4, -0.2) is 46.9 Å². The molecule has 198 valence electrons. The van der Waals surface area contributed by atoms with E-state index in [1.165, 1.54) is 24.4 Å². The van der Waals surface area contributed by atoms with Crippen molar-refractivity contribution in [3.63, 3.8) is 0 Å². The Labute approximate surface area is 223 Å². The van der Waals surface area contributed by atoms with E-state index in [1.807, 2.05) is 0 Å². The van der Waals surface area contributed by atoms with Gasteiger partial charge < -0.3 is 15.0 Å². The molecule has 0 aliphatic carbocycles. The van der Waals surface area contributed by atoms with Crippen LogP contribution in [0.15, 0.2) is 48.7 Å². The standard InChI is InChI=1S/C25H18Cl2F4N4O3/c26-14-3-5-22(33-12-14)34-24(37)18-9-15(27)10-21(38-25(29,30)31)17(18)11-20(36)16-4-2-13(8-19(16)28)23(32)35-6-1-7-35/h2-5,8-10,12,32H,1,6-7,11H2,(H,33,34,37). The quantitative estimate of drug-likeness (QED) is 0.154. The lowest BCUT2D eigenvalue weighted by Crippen LogP contribution is -2.42. The number of Topliss-reactive ketones (excluding diaryl/α,β-unsaturated/α-hetero) is 1. The molecular formula is C25H18Cl2F4N4O3. The van der Waals surface area contributed by atoms with Crippen molar-refractivity contribution in [1.29, 1.82) is 5.41 Å². The summed E-state index contributed by atoms with van der Waals surface area (Å²) in [5, 5.41) is 10.5. The summed E-state index contributed by atoms with van der Waals surface area (Å²) in [6, 6.07) is 8.21. The molecule has 0 unspecified atom stereocenters. The second kappa shape index (κ2) is 11.0. The number of amidine groups is 1. The van der Waals surface area contributed by atoms with E-state index >= 15 is 0 Å². The largest absolute Gasteiger partial charge is 0.573 e. The number of nitrogens with one attached hydrogen (secondary N) is 2. The van der Waals surface area contributed by atoms with Gasteiger partial charge in [-0.1, -0.05) is 29.3 Å². The summed E-state index contributed by atoms with van der Waals surface area (Å²) in [4.78, 5) is 31.7. The number of pyridine rings is 1. The molecule has 3 aromatic rings. The summed E-state index contributed by atoms with van der Waals surface area (Å²) in [6.45, 7) is 1.33. The second-order valence-corrected chi connectivity index (χ2v) is 9.15. The lowest BCUT2D eigenvalue weighted by molar-refractivity contribution is -0.274. The lowest BCUT2D eigenvalue weighted by Gasteiger charge is -2.33. The molecule has 0 bridgehead atoms. The van der Waals surface area contributed by atoms with E-state index in [0.29, 0.717) is 13.1 Å². The van der Waals surface area contributed by atoms with Crippen molar-refractivity contribution in [2.24, 2.45) is 0 Å². The zero-order valence-corrected chi connectivity index (χ0v) is 20.8. The minimum Gasteiger partial charge on any atom is -0.405 e. The van der Waals surface area contributed by atoms with Crippen LogP contribution in [0, 0.1) is 11.2 Å². The highest BCUT2D eigenvalue weighted by Crippen LogP contribution is 2.34. The fourth-order valence-corrected chi connectivity index (χ4v) is 4.03. The first-order valence-electron chi connectivity index (χ1n) is 11.1. The fourth-order valence-electron chi connectivity index (χ4n) is 3.71. The Morgan fingerprint density at radius 1 is 1.05 bits per heavy atom. The van der Waals surface area contributed by atoms with Crippen LogP contribution < -0.4 is 10.1 Å². The third kappa shape index (κ3) is 6.40. The summed E-state index contributed by atoms with van der Waals surface area (Å²) in [7, 11) is 0. The number of anilines is 1. The van der Waals surface area contributed by atoms with Crippen molar-refractivity contribution in [3.05, 3.63) is 86.8 Å². The van der Waals surface area contributed by atoms with Gasteiger partial charge in [-0.25, -0.2) is 9.37 Å². The van der Waals surface area contributed by atoms with Crippen LogP contribution in [0.2, 0.25) is 10.0 Å². The molecule has 1 aromatic heterocycles. The molecule has 1 aliphatic rings. The summed E-state index contributed by atoms with van der Waals surface area (Å²) >= 11 is 11.7. The zero-order chi connectivity index (χ0) is 27.6. The number of hydrogen-bond donors (Lipinski definition) is 2. The zero-order valence-electron chi connectivity index (χ0n) is 19.3. The number of benzene rings is 2. The van der Waals surface area contributed by atoms with E-state index in [2.05, 4.69) is 15.0 Å². The van der Waals surface area contributed by atoms with Crippen LogP contribution in [0.3, 0.4) is 0 Å². The Morgan fingerprint density at radius 3 is 2.37 bits per heavy atom. The van der Waals surface area contributed by atoms with E-state index < -0.39 is 52.7 Å². The number of aromatic nitrogens is 1. The Morgan fingerprint density at radius 2 is 1.79 bits per heavy atom. The molecule has 0 atom stereocenters. The molecule has 1 amide bonds. The molecule has 2 aromatic carbocycles. The topological polar surface area (TPSA) is 95.4 Å². The number of nitrogens with zero attached hydrogens (tertiary/aromatic N) is 2. The van der Waals surface area contributed by atoms with Gasteiger partial charge in [0.05, 0.1) is 10.6 Å². The average Bonchev–Trinajstić information content (AvgIpc) is 2.79. The third-order valence-electron chi connectivity index (χ3n) is 5.67. The van der Waals surface area contributed by atoms with E-state index in [1.54, 1.807) is 4.90 Å². The van der Waals surface area contributed by atoms with Crippen LogP contribution in [0.4, 0.5) is 23.4 Å².